The van der Waals surface area contributed by atoms with Crippen LogP contribution in [0.1, 0.15) is 24.8 Å². The van der Waals surface area contributed by atoms with Crippen molar-refractivity contribution in [2.24, 2.45) is 5.73 Å². The average molecular weight is 233 g/mol. The van der Waals surface area contributed by atoms with Crippen LogP contribution in [0.2, 0.25) is 0 Å². The van der Waals surface area contributed by atoms with Gasteiger partial charge in [0, 0.05) is 13.0 Å². The van der Waals surface area contributed by atoms with Gasteiger partial charge >= 0.3 is 0 Å². The van der Waals surface area contributed by atoms with Gasteiger partial charge in [-0.25, -0.2) is 0 Å². The topological polar surface area (TPSA) is 58.4 Å². The van der Waals surface area contributed by atoms with Gasteiger partial charge in [0.25, 0.3) is 0 Å². The fourth-order valence-corrected chi connectivity index (χ4v) is 1.99. The summed E-state index contributed by atoms with van der Waals surface area (Å²) in [5, 5.41) is 1.89. The highest BCUT2D eigenvalue weighted by atomic mass is 16.2. The van der Waals surface area contributed by atoms with Gasteiger partial charge in [-0.15, -0.1) is 0 Å². The van der Waals surface area contributed by atoms with Gasteiger partial charge < -0.3 is 5.73 Å². The van der Waals surface area contributed by atoms with Crippen molar-refractivity contribution >= 4 is 11.6 Å². The summed E-state index contributed by atoms with van der Waals surface area (Å²) in [4.78, 5) is 11.1. The molecule has 1 saturated heterocycles. The maximum atomic E-state index is 11.1. The Labute approximate surface area is 102 Å². The molecule has 0 aliphatic carbocycles. The van der Waals surface area contributed by atoms with Crippen LogP contribution < -0.4 is 16.2 Å². The number of nitrogens with two attached hydrogens (primary N) is 1. The van der Waals surface area contributed by atoms with Crippen molar-refractivity contribution in [3.8, 4) is 0 Å². The van der Waals surface area contributed by atoms with E-state index in [1.54, 1.807) is 0 Å². The molecule has 0 saturated carbocycles. The van der Waals surface area contributed by atoms with Gasteiger partial charge in [-0.2, -0.15) is 0 Å². The number of anilines is 1. The van der Waals surface area contributed by atoms with E-state index in [4.69, 9.17) is 5.73 Å². The van der Waals surface area contributed by atoms with E-state index in [2.05, 4.69) is 29.7 Å². The first-order valence-electron chi connectivity index (χ1n) is 6.15. The van der Waals surface area contributed by atoms with Gasteiger partial charge in [0.1, 0.15) is 0 Å². The third-order valence-electron chi connectivity index (χ3n) is 2.99. The molecule has 0 aromatic heterocycles. The molecular formula is C13H19N3O. The Balaban J connectivity index is 1.91. The highest BCUT2D eigenvalue weighted by Gasteiger charge is 2.18. The molecule has 92 valence electrons. The van der Waals surface area contributed by atoms with E-state index in [1.165, 1.54) is 5.56 Å². The first-order chi connectivity index (χ1) is 8.29. The van der Waals surface area contributed by atoms with Crippen LogP contribution in [0.5, 0.6) is 0 Å². The maximum absolute atomic E-state index is 11.1. The first kappa shape index (κ1) is 11.9. The number of carbonyl (C=O) groups is 1. The van der Waals surface area contributed by atoms with E-state index in [0.717, 1.165) is 38.0 Å². The van der Waals surface area contributed by atoms with Crippen LogP contribution in [0.4, 0.5) is 5.69 Å². The third kappa shape index (κ3) is 3.20. The minimum absolute atomic E-state index is 0.0945. The zero-order valence-electron chi connectivity index (χ0n) is 9.98. The summed E-state index contributed by atoms with van der Waals surface area (Å²) < 4.78 is 0. The molecule has 2 rings (SSSR count). The lowest BCUT2D eigenvalue weighted by Gasteiger charge is -2.17. The van der Waals surface area contributed by atoms with Crippen LogP contribution in [0.3, 0.4) is 0 Å². The number of hydrogen-bond donors (Lipinski definition) is 2. The van der Waals surface area contributed by atoms with Crippen molar-refractivity contribution in [2.75, 3.05) is 18.1 Å². The quantitative estimate of drug-likeness (QED) is 0.752. The van der Waals surface area contributed by atoms with Crippen molar-refractivity contribution in [1.82, 2.24) is 5.43 Å². The number of rotatable bonds is 5. The van der Waals surface area contributed by atoms with Gasteiger partial charge in [0.15, 0.2) is 0 Å². The number of nitrogens with zero attached hydrogens (tertiary/aromatic N) is 1. The molecule has 1 aliphatic heterocycles. The Morgan fingerprint density at radius 2 is 2.00 bits per heavy atom. The summed E-state index contributed by atoms with van der Waals surface area (Å²) in [7, 11) is 0. The van der Waals surface area contributed by atoms with Gasteiger partial charge in [0.2, 0.25) is 5.91 Å². The Kier molecular flexibility index (Phi) is 3.98. The van der Waals surface area contributed by atoms with Crippen molar-refractivity contribution in [2.45, 2.75) is 25.7 Å². The summed E-state index contributed by atoms with van der Waals surface area (Å²) >= 11 is 0. The molecule has 1 aromatic carbocycles. The minimum Gasteiger partial charge on any atom is -0.330 e. The summed E-state index contributed by atoms with van der Waals surface area (Å²) in [6, 6.07) is 8.36. The zero-order valence-corrected chi connectivity index (χ0v) is 9.98. The van der Waals surface area contributed by atoms with Crippen molar-refractivity contribution in [3.63, 3.8) is 0 Å². The molecule has 1 heterocycles. The lowest BCUT2D eigenvalue weighted by molar-refractivity contribution is -0.119. The van der Waals surface area contributed by atoms with E-state index in [9.17, 15) is 4.79 Å². The van der Waals surface area contributed by atoms with E-state index in [0.29, 0.717) is 6.42 Å². The molecule has 17 heavy (non-hydrogen) atoms. The smallest absolute Gasteiger partial charge is 0.240 e. The Morgan fingerprint density at radius 3 is 2.59 bits per heavy atom. The molecule has 1 amide bonds. The van der Waals surface area contributed by atoms with Crippen LogP contribution in [0, 0.1) is 0 Å². The van der Waals surface area contributed by atoms with Gasteiger partial charge in [-0.05, 0) is 43.5 Å². The number of amides is 1. The SMILES string of the molecule is NCCCCc1ccc(N2CCC(=O)N2)cc1. The Hall–Kier alpha value is -1.55. The average Bonchev–Trinajstić information content (AvgIpc) is 2.77. The Morgan fingerprint density at radius 1 is 1.24 bits per heavy atom. The number of hydrazine groups is 1. The van der Waals surface area contributed by atoms with Crippen LogP contribution in [-0.2, 0) is 11.2 Å². The third-order valence-corrected chi connectivity index (χ3v) is 2.99. The van der Waals surface area contributed by atoms with Crippen LogP contribution >= 0.6 is 0 Å². The number of hydrogen-bond acceptors (Lipinski definition) is 3. The summed E-state index contributed by atoms with van der Waals surface area (Å²) in [6.45, 7) is 1.52. The van der Waals surface area contributed by atoms with Crippen LogP contribution in [0.25, 0.3) is 0 Å². The molecule has 0 atom stereocenters. The van der Waals surface area contributed by atoms with Crippen LogP contribution in [-0.4, -0.2) is 19.0 Å². The normalized spacial score (nSPS) is 15.1. The molecule has 4 nitrogen and oxygen atoms in total. The monoisotopic (exact) mass is 233 g/mol. The second-order valence-electron chi connectivity index (χ2n) is 4.35. The minimum atomic E-state index is 0.0945. The molecule has 4 heteroatoms. The van der Waals surface area contributed by atoms with E-state index < -0.39 is 0 Å². The first-order valence-corrected chi connectivity index (χ1v) is 6.15. The number of aryl methyl sites for hydroxylation is 1. The van der Waals surface area contributed by atoms with E-state index in [-0.39, 0.29) is 5.91 Å². The molecule has 3 N–H and O–H groups in total. The number of benzene rings is 1. The van der Waals surface area contributed by atoms with E-state index in [1.807, 2.05) is 5.01 Å². The lowest BCUT2D eigenvalue weighted by atomic mass is 10.1. The summed E-state index contributed by atoms with van der Waals surface area (Å²) in [5.41, 5.74) is 10.7. The second kappa shape index (κ2) is 5.68. The predicted molar refractivity (Wildman–Crippen MR) is 68.5 cm³/mol. The highest BCUT2D eigenvalue weighted by molar-refractivity contribution is 5.81. The van der Waals surface area contributed by atoms with Gasteiger partial charge in [0.05, 0.1) is 5.69 Å². The van der Waals surface area contributed by atoms with Crippen molar-refractivity contribution in [1.29, 1.82) is 0 Å². The zero-order chi connectivity index (χ0) is 12.1. The maximum Gasteiger partial charge on any atom is 0.240 e. The standard InChI is InChI=1S/C13H19N3O/c14-9-2-1-3-11-4-6-12(7-5-11)16-10-8-13(17)15-16/h4-7H,1-3,8-10,14H2,(H,15,17). The molecule has 1 aromatic rings. The lowest BCUT2D eigenvalue weighted by Crippen LogP contribution is -2.32. The second-order valence-corrected chi connectivity index (χ2v) is 4.35. The van der Waals surface area contributed by atoms with E-state index >= 15 is 0 Å². The molecule has 0 radical (unpaired) electrons. The largest absolute Gasteiger partial charge is 0.330 e. The number of unbranched alkanes of at least 4 members (excludes halogenated alkanes) is 1. The number of nitrogens with one attached hydrogen (secondary N) is 1. The van der Waals surface area contributed by atoms with Crippen LogP contribution in [0.15, 0.2) is 24.3 Å². The van der Waals surface area contributed by atoms with Crippen molar-refractivity contribution < 1.29 is 4.79 Å². The van der Waals surface area contributed by atoms with Gasteiger partial charge in [-0.3, -0.25) is 15.2 Å². The van der Waals surface area contributed by atoms with Gasteiger partial charge in [-0.1, -0.05) is 12.1 Å². The molecule has 0 spiro atoms. The fourth-order valence-electron chi connectivity index (χ4n) is 1.99. The summed E-state index contributed by atoms with van der Waals surface area (Å²) in [6.07, 6.45) is 3.86. The molecule has 1 aliphatic rings. The molecule has 1 fully saturated rings. The predicted octanol–water partition coefficient (Wildman–Crippen LogP) is 1.21. The highest BCUT2D eigenvalue weighted by Crippen LogP contribution is 2.17. The molecule has 0 unspecified atom stereocenters. The fraction of sp³-hybridized carbons (Fsp3) is 0.462. The summed E-state index contributed by atoms with van der Waals surface area (Å²) in [5.74, 6) is 0.0945. The number of carbonyl (C=O) groups excluding carboxylic acids is 1. The molecule has 0 bridgehead atoms. The Bertz CT molecular complexity index is 375. The molecular weight excluding hydrogens is 214 g/mol. The van der Waals surface area contributed by atoms with Crippen molar-refractivity contribution in [3.05, 3.63) is 29.8 Å².